The molecule has 0 aliphatic carbocycles. The van der Waals surface area contributed by atoms with Gasteiger partial charge in [-0.25, -0.2) is 0 Å². The highest BCUT2D eigenvalue weighted by molar-refractivity contribution is 7.16. The average Bonchev–Trinajstić information content (AvgIpc) is 2.75. The predicted octanol–water partition coefficient (Wildman–Crippen LogP) is 3.21. The van der Waals surface area contributed by atoms with Gasteiger partial charge in [-0.05, 0) is 17.7 Å². The molecule has 2 rings (SSSR count). The van der Waals surface area contributed by atoms with Crippen LogP contribution in [0.15, 0.2) is 42.5 Å². The van der Waals surface area contributed by atoms with Crippen LogP contribution in [0.2, 0.25) is 4.34 Å². The van der Waals surface area contributed by atoms with Crippen LogP contribution < -0.4 is 5.73 Å². The van der Waals surface area contributed by atoms with Crippen LogP contribution in [0, 0.1) is 0 Å². The summed E-state index contributed by atoms with van der Waals surface area (Å²) < 4.78 is 0.695. The van der Waals surface area contributed by atoms with Gasteiger partial charge in [0.15, 0.2) is 5.78 Å². The van der Waals surface area contributed by atoms with Crippen molar-refractivity contribution in [3.63, 3.8) is 0 Å². The van der Waals surface area contributed by atoms with Crippen LogP contribution in [-0.2, 0) is 11.2 Å². The van der Waals surface area contributed by atoms with Crippen LogP contribution in [0.4, 0.5) is 0 Å². The van der Waals surface area contributed by atoms with Crippen molar-refractivity contribution in [1.82, 2.24) is 0 Å². The Labute approximate surface area is 109 Å². The van der Waals surface area contributed by atoms with Gasteiger partial charge in [0.1, 0.15) is 0 Å². The summed E-state index contributed by atoms with van der Waals surface area (Å²) >= 11 is 7.23. The standard InChI is InChI=1S/C13H12ClNOS/c14-12-7-6-10(17-12)8-11(16)13(15)9-4-2-1-3-5-9/h1-7,13H,8,15H2. The summed E-state index contributed by atoms with van der Waals surface area (Å²) in [6, 6.07) is 12.5. The normalized spacial score (nSPS) is 12.4. The van der Waals surface area contributed by atoms with Gasteiger partial charge in [0, 0.05) is 11.3 Å². The smallest absolute Gasteiger partial charge is 0.159 e. The van der Waals surface area contributed by atoms with E-state index in [4.69, 9.17) is 17.3 Å². The first-order valence-corrected chi connectivity index (χ1v) is 6.43. The molecule has 0 aliphatic heterocycles. The van der Waals surface area contributed by atoms with E-state index in [1.165, 1.54) is 11.3 Å². The number of halogens is 1. The maximum atomic E-state index is 12.0. The fourth-order valence-electron chi connectivity index (χ4n) is 1.57. The molecule has 0 saturated carbocycles. The quantitative estimate of drug-likeness (QED) is 0.922. The Morgan fingerprint density at radius 2 is 1.94 bits per heavy atom. The molecular weight excluding hydrogens is 254 g/mol. The molecule has 1 aromatic heterocycles. The van der Waals surface area contributed by atoms with E-state index < -0.39 is 6.04 Å². The molecule has 0 amide bonds. The average molecular weight is 266 g/mol. The minimum absolute atomic E-state index is 0.00900. The molecule has 1 unspecified atom stereocenters. The summed E-state index contributed by atoms with van der Waals surface area (Å²) in [5, 5.41) is 0. The van der Waals surface area contributed by atoms with Crippen molar-refractivity contribution in [1.29, 1.82) is 0 Å². The first-order valence-electron chi connectivity index (χ1n) is 5.24. The monoisotopic (exact) mass is 265 g/mol. The van der Waals surface area contributed by atoms with E-state index in [9.17, 15) is 4.79 Å². The number of hydrogen-bond acceptors (Lipinski definition) is 3. The number of benzene rings is 1. The number of thiophene rings is 1. The molecule has 88 valence electrons. The van der Waals surface area contributed by atoms with Crippen LogP contribution >= 0.6 is 22.9 Å². The van der Waals surface area contributed by atoms with Gasteiger partial charge >= 0.3 is 0 Å². The van der Waals surface area contributed by atoms with Crippen molar-refractivity contribution in [3.05, 3.63) is 57.2 Å². The lowest BCUT2D eigenvalue weighted by Crippen LogP contribution is -2.22. The molecule has 2 N–H and O–H groups in total. The minimum Gasteiger partial charge on any atom is -0.318 e. The number of carbonyl (C=O) groups is 1. The summed E-state index contributed by atoms with van der Waals surface area (Å²) in [6.07, 6.45) is 0.341. The summed E-state index contributed by atoms with van der Waals surface area (Å²) in [6.45, 7) is 0. The van der Waals surface area contributed by atoms with Gasteiger partial charge in [0.25, 0.3) is 0 Å². The first kappa shape index (κ1) is 12.3. The predicted molar refractivity (Wildman–Crippen MR) is 71.4 cm³/mol. The van der Waals surface area contributed by atoms with Crippen molar-refractivity contribution < 1.29 is 4.79 Å². The highest BCUT2D eigenvalue weighted by Crippen LogP contribution is 2.23. The lowest BCUT2D eigenvalue weighted by molar-refractivity contribution is -0.119. The fraction of sp³-hybridized carbons (Fsp3) is 0.154. The second kappa shape index (κ2) is 5.45. The Morgan fingerprint density at radius 1 is 1.24 bits per heavy atom. The van der Waals surface area contributed by atoms with Gasteiger partial charge in [-0.15, -0.1) is 11.3 Å². The zero-order chi connectivity index (χ0) is 12.3. The topological polar surface area (TPSA) is 43.1 Å². The number of rotatable bonds is 4. The second-order valence-electron chi connectivity index (χ2n) is 3.74. The second-order valence-corrected chi connectivity index (χ2v) is 5.54. The van der Waals surface area contributed by atoms with E-state index >= 15 is 0 Å². The van der Waals surface area contributed by atoms with Gasteiger partial charge in [-0.3, -0.25) is 4.79 Å². The molecule has 1 aromatic carbocycles. The summed E-state index contributed by atoms with van der Waals surface area (Å²) in [5.41, 5.74) is 6.76. The third-order valence-electron chi connectivity index (χ3n) is 2.48. The maximum absolute atomic E-state index is 12.0. The molecule has 0 spiro atoms. The Morgan fingerprint density at radius 3 is 2.53 bits per heavy atom. The fourth-order valence-corrected chi connectivity index (χ4v) is 2.67. The molecule has 2 nitrogen and oxygen atoms in total. The summed E-state index contributed by atoms with van der Waals surface area (Å²) in [4.78, 5) is 12.9. The van der Waals surface area contributed by atoms with Gasteiger partial charge in [-0.2, -0.15) is 0 Å². The Bertz CT molecular complexity index is 509. The molecule has 0 fully saturated rings. The molecule has 0 saturated heterocycles. The lowest BCUT2D eigenvalue weighted by atomic mass is 10.0. The third kappa shape index (κ3) is 3.16. The maximum Gasteiger partial charge on any atom is 0.159 e. The zero-order valence-corrected chi connectivity index (χ0v) is 10.7. The van der Waals surface area contributed by atoms with Gasteiger partial charge in [0.05, 0.1) is 10.4 Å². The van der Waals surface area contributed by atoms with Gasteiger partial charge < -0.3 is 5.73 Å². The molecular formula is C13H12ClNOS. The minimum atomic E-state index is -0.558. The number of carbonyl (C=O) groups excluding carboxylic acids is 1. The van der Waals surface area contributed by atoms with E-state index in [1.807, 2.05) is 36.4 Å². The molecule has 1 atom stereocenters. The number of hydrogen-bond donors (Lipinski definition) is 1. The van der Waals surface area contributed by atoms with E-state index in [-0.39, 0.29) is 5.78 Å². The third-order valence-corrected chi connectivity index (χ3v) is 3.71. The van der Waals surface area contributed by atoms with Crippen molar-refractivity contribution in [2.75, 3.05) is 0 Å². The van der Waals surface area contributed by atoms with Gasteiger partial charge in [-0.1, -0.05) is 41.9 Å². The largest absolute Gasteiger partial charge is 0.318 e. The molecule has 17 heavy (non-hydrogen) atoms. The van der Waals surface area contributed by atoms with Crippen LogP contribution in [0.1, 0.15) is 16.5 Å². The van der Waals surface area contributed by atoms with Crippen LogP contribution in [0.25, 0.3) is 0 Å². The van der Waals surface area contributed by atoms with Crippen LogP contribution in [0.5, 0.6) is 0 Å². The van der Waals surface area contributed by atoms with Crippen molar-refractivity contribution in [2.45, 2.75) is 12.5 Å². The molecule has 0 aliphatic rings. The molecule has 2 aromatic rings. The summed E-state index contributed by atoms with van der Waals surface area (Å²) in [5.74, 6) is 0.00900. The number of nitrogens with two attached hydrogens (primary N) is 1. The highest BCUT2D eigenvalue weighted by Gasteiger charge is 2.16. The van der Waals surface area contributed by atoms with Crippen molar-refractivity contribution >= 4 is 28.7 Å². The number of Topliss-reactive ketones (excluding diaryl/α,β-unsaturated/α-hetero) is 1. The Kier molecular flexibility index (Phi) is 3.94. The van der Waals surface area contributed by atoms with Crippen LogP contribution in [-0.4, -0.2) is 5.78 Å². The highest BCUT2D eigenvalue weighted by atomic mass is 35.5. The SMILES string of the molecule is NC(C(=O)Cc1ccc(Cl)s1)c1ccccc1. The van der Waals surface area contributed by atoms with E-state index in [0.29, 0.717) is 10.8 Å². The Balaban J connectivity index is 2.06. The molecule has 1 heterocycles. The number of ketones is 1. The lowest BCUT2D eigenvalue weighted by Gasteiger charge is -2.09. The van der Waals surface area contributed by atoms with E-state index in [0.717, 1.165) is 10.4 Å². The first-order chi connectivity index (χ1) is 8.16. The van der Waals surface area contributed by atoms with Crippen LogP contribution in [0.3, 0.4) is 0 Å². The van der Waals surface area contributed by atoms with Gasteiger partial charge in [0.2, 0.25) is 0 Å². The zero-order valence-electron chi connectivity index (χ0n) is 9.10. The van der Waals surface area contributed by atoms with Crippen molar-refractivity contribution in [3.8, 4) is 0 Å². The Hall–Kier alpha value is -1.16. The van der Waals surface area contributed by atoms with Crippen molar-refractivity contribution in [2.24, 2.45) is 5.73 Å². The summed E-state index contributed by atoms with van der Waals surface area (Å²) in [7, 11) is 0. The molecule has 4 heteroatoms. The van der Waals surface area contributed by atoms with E-state index in [2.05, 4.69) is 0 Å². The van der Waals surface area contributed by atoms with E-state index in [1.54, 1.807) is 6.07 Å². The molecule has 0 bridgehead atoms. The molecule has 0 radical (unpaired) electrons.